The van der Waals surface area contributed by atoms with Crippen molar-refractivity contribution >= 4 is 15.9 Å². The molecule has 0 aliphatic carbocycles. The Morgan fingerprint density at radius 2 is 1.85 bits per heavy atom. The van der Waals surface area contributed by atoms with Crippen molar-refractivity contribution in [2.75, 3.05) is 33.5 Å². The van der Waals surface area contributed by atoms with Crippen molar-refractivity contribution in [1.82, 2.24) is 9.55 Å². The lowest BCUT2D eigenvalue weighted by Crippen LogP contribution is -2.51. The molecular formula is C24H44N5O10PSi. The van der Waals surface area contributed by atoms with Gasteiger partial charge in [-0.2, -0.15) is 0 Å². The third-order valence-corrected chi connectivity index (χ3v) is 14.2. The van der Waals surface area contributed by atoms with Crippen molar-refractivity contribution in [3.63, 3.8) is 0 Å². The molecule has 1 aromatic rings. The van der Waals surface area contributed by atoms with Crippen LogP contribution in [-0.2, 0) is 32.2 Å². The fraction of sp³-hybridized carbons (Fsp3) is 0.833. The number of hydrogen-bond acceptors (Lipinski definition) is 11. The topological polar surface area (TPSA) is 196 Å². The Kier molecular flexibility index (Phi) is 12.6. The summed E-state index contributed by atoms with van der Waals surface area (Å²) in [6.45, 7) is 14.8. The molecule has 0 spiro atoms. The van der Waals surface area contributed by atoms with Crippen LogP contribution in [0.15, 0.2) is 20.9 Å². The molecule has 1 fully saturated rings. The zero-order valence-corrected chi connectivity index (χ0v) is 27.1. The van der Waals surface area contributed by atoms with Crippen molar-refractivity contribution in [3.8, 4) is 0 Å². The monoisotopic (exact) mass is 621 g/mol. The fourth-order valence-corrected chi connectivity index (χ4v) is 8.19. The summed E-state index contributed by atoms with van der Waals surface area (Å²) in [6.07, 6.45) is -4.05. The summed E-state index contributed by atoms with van der Waals surface area (Å²) >= 11 is 0. The zero-order chi connectivity index (χ0) is 31.2. The number of rotatable bonds is 15. The third kappa shape index (κ3) is 8.17. The SMILES string of the molecule is CCOP(=O)(OCC)[C@H](O[Si](C)(C)C(C)(C)C)[C@H](N=[N+]=[N-])[C@H]1O[C@@H](n2cc(C)c(=O)[nH]c2=O)[C@H](OCCOC)[C@@H]1O. The molecule has 1 aliphatic heterocycles. The standard InChI is InChI=1S/C24H44N5O10PSi/c1-10-36-40(33,37-11-2)22(39-41(8,9)24(4,5)6)16(27-28-25)18-17(30)19(35-13-12-34-7)21(38-18)29-14-15(3)20(31)26-23(29)32/h14,16-19,21-22,30H,10-13H2,1-9H3,(H,26,31,32)/t16-,17-,18-,19-,21-,22+/m1/s1. The maximum absolute atomic E-state index is 14.3. The van der Waals surface area contributed by atoms with Crippen LogP contribution in [0.4, 0.5) is 0 Å². The number of aliphatic hydroxyl groups is 1. The molecule has 0 unspecified atom stereocenters. The minimum atomic E-state index is -4.14. The minimum Gasteiger partial charge on any atom is -0.402 e. The van der Waals surface area contributed by atoms with E-state index in [0.717, 1.165) is 4.57 Å². The second kappa shape index (κ2) is 14.6. The van der Waals surface area contributed by atoms with E-state index >= 15 is 0 Å². The van der Waals surface area contributed by atoms with E-state index in [9.17, 15) is 24.8 Å². The maximum atomic E-state index is 14.3. The zero-order valence-electron chi connectivity index (χ0n) is 25.2. The van der Waals surface area contributed by atoms with Gasteiger partial charge in [0.25, 0.3) is 5.56 Å². The van der Waals surface area contributed by atoms with Gasteiger partial charge in [-0.25, -0.2) is 4.79 Å². The molecule has 1 aliphatic rings. The molecule has 1 aromatic heterocycles. The van der Waals surface area contributed by atoms with Gasteiger partial charge >= 0.3 is 13.3 Å². The molecule has 17 heteroatoms. The first-order valence-electron chi connectivity index (χ1n) is 13.5. The Labute approximate surface area is 240 Å². The number of aryl methyl sites for hydroxylation is 1. The van der Waals surface area contributed by atoms with E-state index < -0.39 is 63.6 Å². The van der Waals surface area contributed by atoms with E-state index in [1.165, 1.54) is 20.2 Å². The number of hydrogen-bond donors (Lipinski definition) is 2. The van der Waals surface area contributed by atoms with E-state index in [4.69, 9.17) is 27.7 Å². The number of nitrogens with one attached hydrogen (secondary N) is 1. The summed E-state index contributed by atoms with van der Waals surface area (Å²) in [5, 5.41) is 15.1. The van der Waals surface area contributed by atoms with Crippen LogP contribution in [-0.4, -0.2) is 86.7 Å². The Bertz CT molecular complexity index is 1220. The van der Waals surface area contributed by atoms with Gasteiger partial charge in [0, 0.05) is 23.8 Å². The number of aromatic amines is 1. The van der Waals surface area contributed by atoms with Crippen LogP contribution >= 0.6 is 7.60 Å². The summed E-state index contributed by atoms with van der Waals surface area (Å²) in [5.41, 5.74) is 8.44. The van der Waals surface area contributed by atoms with Gasteiger partial charge in [-0.15, -0.1) is 0 Å². The van der Waals surface area contributed by atoms with Gasteiger partial charge in [-0.1, -0.05) is 25.9 Å². The van der Waals surface area contributed by atoms with Crippen molar-refractivity contribution in [2.45, 2.75) is 96.1 Å². The number of nitrogens with zero attached hydrogens (tertiary/aromatic N) is 4. The molecule has 41 heavy (non-hydrogen) atoms. The largest absolute Gasteiger partial charge is 0.402 e. The summed E-state index contributed by atoms with van der Waals surface area (Å²) in [7, 11) is -5.41. The van der Waals surface area contributed by atoms with Gasteiger partial charge in [0.15, 0.2) is 20.4 Å². The molecule has 234 valence electrons. The van der Waals surface area contributed by atoms with E-state index in [0.29, 0.717) is 0 Å². The van der Waals surface area contributed by atoms with Crippen LogP contribution in [0.25, 0.3) is 10.4 Å². The van der Waals surface area contributed by atoms with Gasteiger partial charge in [-0.05, 0) is 44.4 Å². The molecule has 0 saturated carbocycles. The van der Waals surface area contributed by atoms with Gasteiger partial charge in [0.05, 0.1) is 26.4 Å². The highest BCUT2D eigenvalue weighted by Crippen LogP contribution is 2.58. The Morgan fingerprint density at radius 1 is 1.24 bits per heavy atom. The predicted molar refractivity (Wildman–Crippen MR) is 153 cm³/mol. The number of aliphatic hydroxyl groups excluding tert-OH is 1. The van der Waals surface area contributed by atoms with Crippen molar-refractivity contribution in [1.29, 1.82) is 0 Å². The molecule has 0 amide bonds. The molecule has 6 atom stereocenters. The van der Waals surface area contributed by atoms with Gasteiger partial charge in [0.1, 0.15) is 24.4 Å². The first-order chi connectivity index (χ1) is 19.1. The molecule has 0 aromatic carbocycles. The second-order valence-electron chi connectivity index (χ2n) is 11.1. The van der Waals surface area contributed by atoms with Crippen LogP contribution < -0.4 is 11.2 Å². The summed E-state index contributed by atoms with van der Waals surface area (Å²) in [5.74, 6) is -1.47. The summed E-state index contributed by atoms with van der Waals surface area (Å²) < 4.78 is 50.3. The lowest BCUT2D eigenvalue weighted by atomic mass is 10.0. The molecule has 2 N–H and O–H groups in total. The number of H-pyrrole nitrogens is 1. The van der Waals surface area contributed by atoms with Crippen molar-refractivity contribution in [3.05, 3.63) is 43.0 Å². The quantitative estimate of drug-likeness (QED) is 0.0731. The predicted octanol–water partition coefficient (Wildman–Crippen LogP) is 3.43. The van der Waals surface area contributed by atoms with Gasteiger partial charge in [0.2, 0.25) is 0 Å². The third-order valence-electron chi connectivity index (χ3n) is 7.23. The Balaban J connectivity index is 2.72. The Hall–Kier alpha value is -1.84. The van der Waals surface area contributed by atoms with Gasteiger partial charge < -0.3 is 32.8 Å². The van der Waals surface area contributed by atoms with E-state index in [1.807, 2.05) is 33.9 Å². The van der Waals surface area contributed by atoms with E-state index in [-0.39, 0.29) is 37.0 Å². The van der Waals surface area contributed by atoms with Crippen LogP contribution in [0.3, 0.4) is 0 Å². The van der Waals surface area contributed by atoms with E-state index in [1.54, 1.807) is 13.8 Å². The molecule has 2 heterocycles. The average molecular weight is 622 g/mol. The lowest BCUT2D eigenvalue weighted by Gasteiger charge is -2.43. The van der Waals surface area contributed by atoms with E-state index in [2.05, 4.69) is 15.0 Å². The smallest absolute Gasteiger partial charge is 0.358 e. The fourth-order valence-electron chi connectivity index (χ4n) is 4.09. The second-order valence-corrected chi connectivity index (χ2v) is 18.0. The molecular weight excluding hydrogens is 577 g/mol. The highest BCUT2D eigenvalue weighted by Gasteiger charge is 2.57. The van der Waals surface area contributed by atoms with Gasteiger partial charge in [-0.3, -0.25) is 18.9 Å². The van der Waals surface area contributed by atoms with Crippen molar-refractivity contribution < 1.29 is 37.4 Å². The molecule has 1 saturated heterocycles. The summed E-state index contributed by atoms with van der Waals surface area (Å²) in [4.78, 5) is 30.0. The number of azide groups is 1. The highest BCUT2D eigenvalue weighted by molar-refractivity contribution is 7.54. The minimum absolute atomic E-state index is 0.00311. The van der Waals surface area contributed by atoms with Crippen LogP contribution in [0.2, 0.25) is 18.1 Å². The maximum Gasteiger partial charge on any atom is 0.358 e. The first-order valence-corrected chi connectivity index (χ1v) is 18.0. The number of aromatic nitrogens is 2. The lowest BCUT2D eigenvalue weighted by molar-refractivity contribution is -0.0821. The van der Waals surface area contributed by atoms with Crippen LogP contribution in [0.1, 0.15) is 46.4 Å². The summed E-state index contributed by atoms with van der Waals surface area (Å²) in [6, 6.07) is -1.44. The molecule has 15 nitrogen and oxygen atoms in total. The molecule has 0 bridgehead atoms. The Morgan fingerprint density at radius 3 is 2.37 bits per heavy atom. The van der Waals surface area contributed by atoms with Crippen LogP contribution in [0, 0.1) is 6.92 Å². The number of methoxy groups -OCH3 is 1. The normalized spacial score (nSPS) is 23.3. The average Bonchev–Trinajstić information content (AvgIpc) is 3.19. The number of ether oxygens (including phenoxy) is 3. The highest BCUT2D eigenvalue weighted by atomic mass is 31.2. The molecule has 2 rings (SSSR count). The molecule has 0 radical (unpaired) electrons. The van der Waals surface area contributed by atoms with Crippen molar-refractivity contribution in [2.24, 2.45) is 5.11 Å². The van der Waals surface area contributed by atoms with Crippen LogP contribution in [0.5, 0.6) is 0 Å². The first kappa shape index (κ1) is 35.4.